The van der Waals surface area contributed by atoms with Gasteiger partial charge in [0, 0.05) is 0 Å². The first-order valence-electron chi connectivity index (χ1n) is 3.29. The Morgan fingerprint density at radius 1 is 1.67 bits per heavy atom. The van der Waals surface area contributed by atoms with Crippen LogP contribution in [0.3, 0.4) is 0 Å². The van der Waals surface area contributed by atoms with Crippen LogP contribution < -0.4 is 5.73 Å². The summed E-state index contributed by atoms with van der Waals surface area (Å²) in [7, 11) is 0. The van der Waals surface area contributed by atoms with Gasteiger partial charge in [-0.15, -0.1) is 0 Å². The van der Waals surface area contributed by atoms with E-state index in [0.29, 0.717) is 5.69 Å². The van der Waals surface area contributed by atoms with E-state index in [-0.39, 0.29) is 17.6 Å². The van der Waals surface area contributed by atoms with Crippen LogP contribution in [0.2, 0.25) is 5.15 Å². The molecule has 0 aliphatic carbocycles. The molecule has 0 unspecified atom stereocenters. The van der Waals surface area contributed by atoms with Crippen molar-refractivity contribution in [2.24, 2.45) is 0 Å². The smallest absolute Gasteiger partial charge is 0.157 e. The van der Waals surface area contributed by atoms with Crippen LogP contribution >= 0.6 is 11.6 Å². The van der Waals surface area contributed by atoms with Crippen LogP contribution in [0.15, 0.2) is 12.3 Å². The molecular formula is C7H8ClN3O. The molecular weight excluding hydrogens is 178 g/mol. The second kappa shape index (κ2) is 4.04. The van der Waals surface area contributed by atoms with Crippen LogP contribution in [0, 0.1) is 0 Å². The van der Waals surface area contributed by atoms with Crippen molar-refractivity contribution in [1.29, 1.82) is 0 Å². The van der Waals surface area contributed by atoms with E-state index in [0.717, 1.165) is 0 Å². The monoisotopic (exact) mass is 185 g/mol. The van der Waals surface area contributed by atoms with Crippen molar-refractivity contribution in [3.63, 3.8) is 0 Å². The highest BCUT2D eigenvalue weighted by Gasteiger charge is 1.98. The van der Waals surface area contributed by atoms with E-state index in [1.807, 2.05) is 0 Å². The Bertz CT molecular complexity index is 301. The highest BCUT2D eigenvalue weighted by Crippen LogP contribution is 2.12. The molecule has 0 aromatic carbocycles. The molecule has 0 bridgehead atoms. The molecule has 0 saturated carbocycles. The van der Waals surface area contributed by atoms with E-state index in [1.54, 1.807) is 6.08 Å². The number of rotatable bonds is 2. The molecule has 0 atom stereocenters. The first-order valence-corrected chi connectivity index (χ1v) is 3.67. The molecule has 64 valence electrons. The highest BCUT2D eigenvalue weighted by atomic mass is 35.5. The summed E-state index contributed by atoms with van der Waals surface area (Å²) < 4.78 is 0. The molecule has 0 saturated heterocycles. The second-order valence-corrected chi connectivity index (χ2v) is 2.41. The van der Waals surface area contributed by atoms with Crippen LogP contribution in [0.1, 0.15) is 5.69 Å². The van der Waals surface area contributed by atoms with Gasteiger partial charge in [-0.1, -0.05) is 17.7 Å². The van der Waals surface area contributed by atoms with Crippen LogP contribution in [0.5, 0.6) is 0 Å². The van der Waals surface area contributed by atoms with Crippen LogP contribution in [0.4, 0.5) is 5.82 Å². The van der Waals surface area contributed by atoms with E-state index in [9.17, 15) is 0 Å². The largest absolute Gasteiger partial charge is 0.392 e. The minimum Gasteiger partial charge on any atom is -0.392 e. The number of nitrogen functional groups attached to an aromatic ring is 1. The third kappa shape index (κ3) is 2.18. The topological polar surface area (TPSA) is 72.0 Å². The first-order chi connectivity index (χ1) is 5.74. The maximum absolute atomic E-state index is 8.47. The van der Waals surface area contributed by atoms with Crippen molar-refractivity contribution < 1.29 is 5.11 Å². The van der Waals surface area contributed by atoms with Gasteiger partial charge in [0.25, 0.3) is 0 Å². The van der Waals surface area contributed by atoms with Gasteiger partial charge in [-0.3, -0.25) is 0 Å². The lowest BCUT2D eigenvalue weighted by Gasteiger charge is -1.96. The molecule has 0 fully saturated rings. The Balaban J connectivity index is 2.94. The molecule has 5 heteroatoms. The lowest BCUT2D eigenvalue weighted by molar-refractivity contribution is 0.343. The molecule has 3 N–H and O–H groups in total. The van der Waals surface area contributed by atoms with Crippen LogP contribution in [-0.4, -0.2) is 21.7 Å². The number of nitrogens with two attached hydrogens (primary N) is 1. The Hall–Kier alpha value is -1.13. The van der Waals surface area contributed by atoms with Crippen molar-refractivity contribution in [1.82, 2.24) is 9.97 Å². The van der Waals surface area contributed by atoms with Gasteiger partial charge >= 0.3 is 0 Å². The molecule has 0 aliphatic heterocycles. The maximum atomic E-state index is 8.47. The maximum Gasteiger partial charge on any atom is 0.157 e. The van der Waals surface area contributed by atoms with Crippen LogP contribution in [0.25, 0.3) is 6.08 Å². The summed E-state index contributed by atoms with van der Waals surface area (Å²) in [4.78, 5) is 7.67. The van der Waals surface area contributed by atoms with Gasteiger partial charge in [0.05, 0.1) is 12.8 Å². The average molecular weight is 186 g/mol. The zero-order valence-corrected chi connectivity index (χ0v) is 6.99. The number of anilines is 1. The quantitative estimate of drug-likeness (QED) is 0.712. The van der Waals surface area contributed by atoms with E-state index in [1.165, 1.54) is 12.3 Å². The van der Waals surface area contributed by atoms with Gasteiger partial charge in [0.1, 0.15) is 11.5 Å². The van der Waals surface area contributed by atoms with Gasteiger partial charge in [-0.2, -0.15) is 0 Å². The Morgan fingerprint density at radius 2 is 2.42 bits per heavy atom. The second-order valence-electron chi connectivity index (χ2n) is 2.06. The third-order valence-corrected chi connectivity index (χ3v) is 1.43. The summed E-state index contributed by atoms with van der Waals surface area (Å²) in [6.07, 6.45) is 4.50. The zero-order chi connectivity index (χ0) is 8.97. The first kappa shape index (κ1) is 8.96. The van der Waals surface area contributed by atoms with Crippen molar-refractivity contribution in [3.05, 3.63) is 23.1 Å². The van der Waals surface area contributed by atoms with Crippen molar-refractivity contribution in [3.8, 4) is 0 Å². The molecule has 1 aromatic rings. The lowest BCUT2D eigenvalue weighted by atomic mass is 10.4. The number of nitrogens with zero attached hydrogens (tertiary/aromatic N) is 2. The summed E-state index contributed by atoms with van der Waals surface area (Å²) in [6.45, 7) is -0.0532. The van der Waals surface area contributed by atoms with Crippen LogP contribution in [-0.2, 0) is 0 Å². The molecule has 1 rings (SSSR count). The van der Waals surface area contributed by atoms with Gasteiger partial charge < -0.3 is 10.8 Å². The molecule has 0 aliphatic rings. The summed E-state index contributed by atoms with van der Waals surface area (Å²) in [5.74, 6) is 0.279. The number of aliphatic hydroxyl groups excluding tert-OH is 1. The molecule has 0 spiro atoms. The summed E-state index contributed by atoms with van der Waals surface area (Å²) in [5, 5.41) is 8.71. The highest BCUT2D eigenvalue weighted by molar-refractivity contribution is 6.30. The van der Waals surface area contributed by atoms with Gasteiger partial charge in [-0.25, -0.2) is 9.97 Å². The fourth-order valence-electron chi connectivity index (χ4n) is 0.665. The predicted molar refractivity (Wildman–Crippen MR) is 47.6 cm³/mol. The number of hydrogen-bond acceptors (Lipinski definition) is 4. The summed E-state index contributed by atoms with van der Waals surface area (Å²) in [6, 6.07) is 0. The minimum absolute atomic E-state index is 0.0532. The minimum atomic E-state index is -0.0532. The fraction of sp³-hybridized carbons (Fsp3) is 0.143. The van der Waals surface area contributed by atoms with Crippen molar-refractivity contribution in [2.75, 3.05) is 12.3 Å². The van der Waals surface area contributed by atoms with Crippen molar-refractivity contribution in [2.45, 2.75) is 0 Å². The number of aromatic nitrogens is 2. The average Bonchev–Trinajstić information content (AvgIpc) is 2.03. The Labute approximate surface area is 74.7 Å². The molecule has 12 heavy (non-hydrogen) atoms. The molecule has 4 nitrogen and oxygen atoms in total. The summed E-state index contributed by atoms with van der Waals surface area (Å²) in [5.41, 5.74) is 5.82. The molecule has 1 heterocycles. The van der Waals surface area contributed by atoms with Gasteiger partial charge in [-0.05, 0) is 6.08 Å². The van der Waals surface area contributed by atoms with E-state index in [2.05, 4.69) is 9.97 Å². The normalized spacial score (nSPS) is 10.8. The zero-order valence-electron chi connectivity index (χ0n) is 6.24. The summed E-state index contributed by atoms with van der Waals surface area (Å²) >= 11 is 5.68. The van der Waals surface area contributed by atoms with Gasteiger partial charge in [0.2, 0.25) is 0 Å². The SMILES string of the molecule is Nc1cnc(C=CCO)c(Cl)n1. The lowest BCUT2D eigenvalue weighted by Crippen LogP contribution is -1.94. The number of halogens is 1. The number of hydrogen-bond donors (Lipinski definition) is 2. The molecule has 1 aromatic heterocycles. The van der Waals surface area contributed by atoms with Crippen molar-refractivity contribution >= 4 is 23.5 Å². The molecule has 0 amide bonds. The van der Waals surface area contributed by atoms with E-state index >= 15 is 0 Å². The number of aliphatic hydroxyl groups is 1. The fourth-order valence-corrected chi connectivity index (χ4v) is 0.874. The van der Waals surface area contributed by atoms with E-state index in [4.69, 9.17) is 22.4 Å². The Morgan fingerprint density at radius 3 is 3.00 bits per heavy atom. The molecule has 0 radical (unpaired) electrons. The standard InChI is InChI=1S/C7H8ClN3O/c8-7-5(2-1-3-12)10-4-6(9)11-7/h1-2,4,12H,3H2,(H2,9,11). The Kier molecular flexibility index (Phi) is 3.01. The van der Waals surface area contributed by atoms with E-state index < -0.39 is 0 Å². The van der Waals surface area contributed by atoms with Gasteiger partial charge in [0.15, 0.2) is 5.15 Å². The predicted octanol–water partition coefficient (Wildman–Crippen LogP) is 0.718. The third-order valence-electron chi connectivity index (χ3n) is 1.16.